The molecule has 0 spiro atoms. The quantitative estimate of drug-likeness (QED) is 0.157. The molecule has 1 saturated heterocycles. The van der Waals surface area contributed by atoms with Crippen molar-refractivity contribution in [2.75, 3.05) is 25.6 Å². The van der Waals surface area contributed by atoms with E-state index in [9.17, 15) is 29.3 Å². The maximum absolute atomic E-state index is 12.8. The van der Waals surface area contributed by atoms with Crippen molar-refractivity contribution >= 4 is 66.9 Å². The number of nitrogens with zero attached hydrogens (tertiary/aromatic N) is 2. The first-order valence-corrected chi connectivity index (χ1v) is 12.4. The van der Waals surface area contributed by atoms with Crippen molar-refractivity contribution in [3.63, 3.8) is 0 Å². The van der Waals surface area contributed by atoms with Gasteiger partial charge in [-0.1, -0.05) is 31.9 Å². The number of alkyl halides is 2. The molecule has 0 unspecified atom stereocenters. The molecule has 182 valence electrons. The van der Waals surface area contributed by atoms with Gasteiger partial charge in [0, 0.05) is 28.3 Å². The highest BCUT2D eigenvalue weighted by Gasteiger charge is 2.66. The summed E-state index contributed by atoms with van der Waals surface area (Å²) in [5, 5.41) is 13.5. The van der Waals surface area contributed by atoms with Crippen LogP contribution < -0.4 is 10.1 Å². The smallest absolute Gasteiger partial charge is 0.308 e. The Hall–Kier alpha value is -2.54. The maximum Gasteiger partial charge on any atom is 0.308 e. The van der Waals surface area contributed by atoms with Gasteiger partial charge in [-0.25, -0.2) is 0 Å². The third-order valence-electron chi connectivity index (χ3n) is 6.66. The number of nitrogens with one attached hydrogen (secondary N) is 1. The molecule has 2 aliphatic carbocycles. The lowest BCUT2D eigenvalue weighted by molar-refractivity contribution is -0.383. The molecule has 0 radical (unpaired) electrons. The molecule has 13 heteroatoms. The molecule has 1 N–H and O–H groups in total. The van der Waals surface area contributed by atoms with E-state index >= 15 is 0 Å². The number of likely N-dealkylation sites (tertiary alicyclic amines) is 1. The van der Waals surface area contributed by atoms with E-state index in [1.807, 2.05) is 0 Å². The first kappa shape index (κ1) is 24.6. The molecule has 0 aromatic heterocycles. The van der Waals surface area contributed by atoms with Crippen LogP contribution in [0.2, 0.25) is 0 Å². The fourth-order valence-electron chi connectivity index (χ4n) is 5.14. The van der Waals surface area contributed by atoms with Gasteiger partial charge >= 0.3 is 5.97 Å². The lowest BCUT2D eigenvalue weighted by Crippen LogP contribution is -2.37. The highest BCUT2D eigenvalue weighted by molar-refractivity contribution is 9.12. The van der Waals surface area contributed by atoms with Crippen LogP contribution in [0.4, 0.5) is 11.4 Å². The Bertz CT molecular complexity index is 1030. The summed E-state index contributed by atoms with van der Waals surface area (Å²) in [4.78, 5) is 61.8. The summed E-state index contributed by atoms with van der Waals surface area (Å²) in [5.74, 6) is -2.34. The van der Waals surface area contributed by atoms with E-state index in [0.717, 1.165) is 11.3 Å². The standard InChI is InChI=1S/C21H21Br2N3O8/c1-33-9-2-3-13(26(31)32)12(6-9)24-14(27)8-34-15(28)4-5-25-20(29)16-10-7-11(17(16)21(25)30)19(23)18(10)22/h2-3,6,10-11,16-19H,4-5,7-8H2,1H3,(H,24,27)/t10-,11-,16-,17-,18-,19+/m1/s1. The monoisotopic (exact) mass is 601 g/mol. The number of esters is 1. The van der Waals surface area contributed by atoms with Crippen LogP contribution in [0.1, 0.15) is 12.8 Å². The van der Waals surface area contributed by atoms with Crippen molar-refractivity contribution in [3.05, 3.63) is 28.3 Å². The number of hydrogen-bond acceptors (Lipinski definition) is 8. The molecule has 3 fully saturated rings. The van der Waals surface area contributed by atoms with E-state index in [0.29, 0.717) is 5.75 Å². The summed E-state index contributed by atoms with van der Waals surface area (Å²) in [6, 6.07) is 3.84. The molecule has 1 aromatic rings. The van der Waals surface area contributed by atoms with Gasteiger partial charge in [-0.15, -0.1) is 0 Å². The zero-order chi connectivity index (χ0) is 24.7. The van der Waals surface area contributed by atoms with Gasteiger partial charge in [0.15, 0.2) is 6.61 Å². The molecule has 1 aromatic carbocycles. The van der Waals surface area contributed by atoms with Crippen molar-refractivity contribution in [1.29, 1.82) is 0 Å². The molecule has 1 aliphatic heterocycles. The number of hydrogen-bond donors (Lipinski definition) is 1. The molecular formula is C21H21Br2N3O8. The maximum atomic E-state index is 12.8. The van der Waals surface area contributed by atoms with Crippen LogP contribution >= 0.6 is 31.9 Å². The molecule has 1 heterocycles. The Morgan fingerprint density at radius 1 is 1.18 bits per heavy atom. The summed E-state index contributed by atoms with van der Waals surface area (Å²) < 4.78 is 9.93. The second-order valence-electron chi connectivity index (χ2n) is 8.43. The minimum Gasteiger partial charge on any atom is -0.497 e. The van der Waals surface area contributed by atoms with Crippen LogP contribution in [0.5, 0.6) is 5.75 Å². The molecule has 34 heavy (non-hydrogen) atoms. The topological polar surface area (TPSA) is 145 Å². The Kier molecular flexibility index (Phi) is 6.94. The molecular weight excluding hydrogens is 582 g/mol. The molecule has 2 bridgehead atoms. The summed E-state index contributed by atoms with van der Waals surface area (Å²) in [6.07, 6.45) is 0.559. The zero-order valence-electron chi connectivity index (χ0n) is 17.9. The number of carbonyl (C=O) groups is 4. The third kappa shape index (κ3) is 4.30. The highest BCUT2D eigenvalue weighted by atomic mass is 79.9. The Morgan fingerprint density at radius 2 is 1.79 bits per heavy atom. The van der Waals surface area contributed by atoms with E-state index in [-0.39, 0.29) is 69.5 Å². The van der Waals surface area contributed by atoms with Crippen molar-refractivity contribution < 1.29 is 33.6 Å². The Morgan fingerprint density at radius 3 is 2.35 bits per heavy atom. The fourth-order valence-corrected chi connectivity index (χ4v) is 7.01. The molecule has 11 nitrogen and oxygen atoms in total. The predicted octanol–water partition coefficient (Wildman–Crippen LogP) is 2.25. The number of carbonyl (C=O) groups excluding carboxylic acids is 4. The van der Waals surface area contributed by atoms with Crippen LogP contribution in [-0.2, 0) is 23.9 Å². The fraction of sp³-hybridized carbons (Fsp3) is 0.524. The minimum atomic E-state index is -0.782. The number of rotatable bonds is 8. The van der Waals surface area contributed by atoms with Gasteiger partial charge in [0.2, 0.25) is 11.8 Å². The van der Waals surface area contributed by atoms with E-state index in [2.05, 4.69) is 37.2 Å². The van der Waals surface area contributed by atoms with E-state index in [1.54, 1.807) is 0 Å². The van der Waals surface area contributed by atoms with Crippen LogP contribution in [0.15, 0.2) is 18.2 Å². The van der Waals surface area contributed by atoms with Gasteiger partial charge < -0.3 is 14.8 Å². The summed E-state index contributed by atoms with van der Waals surface area (Å²) in [5.41, 5.74) is -0.447. The second-order valence-corrected chi connectivity index (χ2v) is 10.5. The molecule has 2 saturated carbocycles. The summed E-state index contributed by atoms with van der Waals surface area (Å²) in [7, 11) is 1.37. The molecule has 6 atom stereocenters. The van der Waals surface area contributed by atoms with Crippen LogP contribution in [0, 0.1) is 33.8 Å². The van der Waals surface area contributed by atoms with Gasteiger partial charge in [-0.3, -0.25) is 34.2 Å². The van der Waals surface area contributed by atoms with Gasteiger partial charge in [0.1, 0.15) is 11.4 Å². The first-order chi connectivity index (χ1) is 16.1. The van der Waals surface area contributed by atoms with E-state index in [4.69, 9.17) is 9.47 Å². The van der Waals surface area contributed by atoms with Gasteiger partial charge in [0.05, 0.1) is 30.3 Å². The Labute approximate surface area is 210 Å². The third-order valence-corrected chi connectivity index (χ3v) is 9.86. The number of methoxy groups -OCH3 is 1. The minimum absolute atomic E-state index is 0.0807. The van der Waals surface area contributed by atoms with Crippen molar-refractivity contribution in [2.45, 2.75) is 22.5 Å². The van der Waals surface area contributed by atoms with Crippen LogP contribution in [0.3, 0.4) is 0 Å². The number of ether oxygens (including phenoxy) is 2. The highest BCUT2D eigenvalue weighted by Crippen LogP contribution is 2.60. The Balaban J connectivity index is 1.29. The average Bonchev–Trinajstić information content (AvgIpc) is 3.41. The molecule has 3 aliphatic rings. The van der Waals surface area contributed by atoms with E-state index in [1.165, 1.54) is 25.3 Å². The lowest BCUT2D eigenvalue weighted by Gasteiger charge is -2.28. The normalized spacial score (nSPS) is 29.2. The molecule has 4 rings (SSSR count). The average molecular weight is 603 g/mol. The summed E-state index contributed by atoms with van der Waals surface area (Å²) in [6.45, 7) is -0.799. The molecule has 3 amide bonds. The number of nitro groups is 1. The van der Waals surface area contributed by atoms with Crippen molar-refractivity contribution in [3.8, 4) is 5.75 Å². The number of benzene rings is 1. The number of imide groups is 1. The van der Waals surface area contributed by atoms with Crippen molar-refractivity contribution in [1.82, 2.24) is 4.90 Å². The van der Waals surface area contributed by atoms with Crippen LogP contribution in [0.25, 0.3) is 0 Å². The van der Waals surface area contributed by atoms with E-state index < -0.39 is 23.4 Å². The second kappa shape index (κ2) is 9.61. The number of anilines is 1. The number of nitro benzene ring substituents is 1. The van der Waals surface area contributed by atoms with Gasteiger partial charge in [-0.05, 0) is 24.3 Å². The predicted molar refractivity (Wildman–Crippen MR) is 125 cm³/mol. The SMILES string of the molecule is COc1ccc([N+](=O)[O-])c(NC(=O)COC(=O)CCN2C(=O)[C@@H]3[C@H]4C[C@@H]([C@@H](Br)[C@H]4Br)[C@H]3C2=O)c1. The number of fused-ring (bicyclic) bond motifs is 5. The van der Waals surface area contributed by atoms with Crippen molar-refractivity contribution in [2.24, 2.45) is 23.7 Å². The number of amides is 3. The lowest BCUT2D eigenvalue weighted by atomic mass is 9.81. The zero-order valence-corrected chi connectivity index (χ0v) is 21.1. The summed E-state index contributed by atoms with van der Waals surface area (Å²) >= 11 is 7.24. The van der Waals surface area contributed by atoms with Gasteiger partial charge in [0.25, 0.3) is 11.6 Å². The first-order valence-electron chi connectivity index (χ1n) is 10.5. The number of halogens is 2. The van der Waals surface area contributed by atoms with Gasteiger partial charge in [-0.2, -0.15) is 0 Å². The van der Waals surface area contributed by atoms with Crippen LogP contribution in [-0.4, -0.2) is 63.4 Å². The largest absolute Gasteiger partial charge is 0.497 e.